The normalized spacial score (nSPS) is 10.7. The molecule has 0 unspecified atom stereocenters. The second-order valence-electron chi connectivity index (χ2n) is 4.23. The summed E-state index contributed by atoms with van der Waals surface area (Å²) >= 11 is 0. The van der Waals surface area contributed by atoms with Gasteiger partial charge in [0, 0.05) is 28.9 Å². The van der Waals surface area contributed by atoms with Crippen molar-refractivity contribution in [3.8, 4) is 11.4 Å². The fraction of sp³-hybridized carbons (Fsp3) is 0.0714. The summed E-state index contributed by atoms with van der Waals surface area (Å²) in [5.74, 6) is 0.0210. The third kappa shape index (κ3) is 1.87. The number of aromatic amines is 1. The van der Waals surface area contributed by atoms with E-state index in [4.69, 9.17) is 5.73 Å². The first-order valence-corrected chi connectivity index (χ1v) is 5.98. The van der Waals surface area contributed by atoms with E-state index in [9.17, 15) is 4.79 Å². The van der Waals surface area contributed by atoms with Gasteiger partial charge in [0.1, 0.15) is 11.4 Å². The topological polar surface area (TPSA) is 93.9 Å². The van der Waals surface area contributed by atoms with Crippen LogP contribution in [0.5, 0.6) is 0 Å². The van der Waals surface area contributed by atoms with E-state index in [-0.39, 0.29) is 11.4 Å². The zero-order chi connectivity index (χ0) is 14.1. The molecule has 0 bridgehead atoms. The molecule has 0 saturated carbocycles. The highest BCUT2D eigenvalue weighted by molar-refractivity contribution is 5.96. The molecule has 3 aromatic rings. The van der Waals surface area contributed by atoms with Crippen molar-refractivity contribution in [3.63, 3.8) is 0 Å². The number of methoxy groups -OCH3 is 1. The number of carbonyl (C=O) groups is 1. The number of anilines is 1. The van der Waals surface area contributed by atoms with Gasteiger partial charge in [-0.1, -0.05) is 18.2 Å². The Morgan fingerprint density at radius 2 is 2.15 bits per heavy atom. The largest absolute Gasteiger partial charge is 0.465 e. The lowest BCUT2D eigenvalue weighted by molar-refractivity contribution is 0.0601. The maximum absolute atomic E-state index is 11.5. The number of rotatable bonds is 2. The highest BCUT2D eigenvalue weighted by atomic mass is 16.5. The van der Waals surface area contributed by atoms with Gasteiger partial charge in [0.25, 0.3) is 0 Å². The summed E-state index contributed by atoms with van der Waals surface area (Å²) in [5, 5.41) is 0.998. The van der Waals surface area contributed by atoms with E-state index in [0.717, 1.165) is 16.5 Å². The molecule has 6 heteroatoms. The van der Waals surface area contributed by atoms with Gasteiger partial charge in [0.05, 0.1) is 7.11 Å². The van der Waals surface area contributed by atoms with Gasteiger partial charge in [-0.25, -0.2) is 14.8 Å². The van der Waals surface area contributed by atoms with Crippen LogP contribution >= 0.6 is 0 Å². The van der Waals surface area contributed by atoms with E-state index in [1.807, 2.05) is 30.5 Å². The highest BCUT2D eigenvalue weighted by Gasteiger charge is 2.15. The molecule has 6 nitrogen and oxygen atoms in total. The number of hydrogen-bond donors (Lipinski definition) is 2. The number of esters is 1. The van der Waals surface area contributed by atoms with Gasteiger partial charge in [-0.3, -0.25) is 0 Å². The Hall–Kier alpha value is -2.89. The van der Waals surface area contributed by atoms with E-state index in [0.29, 0.717) is 5.82 Å². The van der Waals surface area contributed by atoms with Crippen LogP contribution in [0.2, 0.25) is 0 Å². The van der Waals surface area contributed by atoms with Crippen molar-refractivity contribution in [2.24, 2.45) is 0 Å². The molecule has 3 rings (SSSR count). The van der Waals surface area contributed by atoms with Crippen LogP contribution in [0.15, 0.2) is 36.7 Å². The van der Waals surface area contributed by atoms with Gasteiger partial charge in [-0.15, -0.1) is 0 Å². The molecular weight excluding hydrogens is 256 g/mol. The fourth-order valence-electron chi connectivity index (χ4n) is 2.05. The van der Waals surface area contributed by atoms with Gasteiger partial charge >= 0.3 is 5.97 Å². The number of hydrogen-bond acceptors (Lipinski definition) is 5. The predicted octanol–water partition coefficient (Wildman–Crippen LogP) is 1.99. The zero-order valence-corrected chi connectivity index (χ0v) is 10.8. The molecule has 0 fully saturated rings. The van der Waals surface area contributed by atoms with Crippen molar-refractivity contribution in [2.45, 2.75) is 0 Å². The van der Waals surface area contributed by atoms with E-state index < -0.39 is 5.97 Å². The van der Waals surface area contributed by atoms with Crippen molar-refractivity contribution in [1.29, 1.82) is 0 Å². The molecule has 20 heavy (non-hydrogen) atoms. The Morgan fingerprint density at radius 3 is 2.90 bits per heavy atom. The van der Waals surface area contributed by atoms with Crippen molar-refractivity contribution in [2.75, 3.05) is 12.8 Å². The lowest BCUT2D eigenvalue weighted by Gasteiger charge is -2.04. The number of carbonyl (C=O) groups excluding carboxylic acids is 1. The smallest absolute Gasteiger partial charge is 0.343 e. The maximum atomic E-state index is 11.5. The number of nitrogens with one attached hydrogen (secondary N) is 1. The second-order valence-corrected chi connectivity index (χ2v) is 4.23. The Bertz CT molecular complexity index is 795. The number of H-pyrrole nitrogens is 1. The fourth-order valence-corrected chi connectivity index (χ4v) is 2.05. The number of nitrogens with two attached hydrogens (primary N) is 1. The Labute approximate surface area is 114 Å². The van der Waals surface area contributed by atoms with Gasteiger partial charge in [0.15, 0.2) is 5.82 Å². The van der Waals surface area contributed by atoms with Gasteiger partial charge in [0.2, 0.25) is 0 Å². The van der Waals surface area contributed by atoms with Crippen LogP contribution in [0.3, 0.4) is 0 Å². The minimum Gasteiger partial charge on any atom is -0.465 e. The highest BCUT2D eigenvalue weighted by Crippen LogP contribution is 2.26. The summed E-state index contributed by atoms with van der Waals surface area (Å²) in [4.78, 5) is 23.0. The average molecular weight is 268 g/mol. The molecule has 1 aromatic carbocycles. The second kappa shape index (κ2) is 4.65. The molecule has 2 heterocycles. The molecule has 0 atom stereocenters. The van der Waals surface area contributed by atoms with Crippen LogP contribution < -0.4 is 5.73 Å². The maximum Gasteiger partial charge on any atom is 0.343 e. The lowest BCUT2D eigenvalue weighted by atomic mass is 10.1. The summed E-state index contributed by atoms with van der Waals surface area (Å²) < 4.78 is 4.61. The molecule has 0 spiro atoms. The summed E-state index contributed by atoms with van der Waals surface area (Å²) in [6.07, 6.45) is 3.20. The molecule has 2 aromatic heterocycles. The summed E-state index contributed by atoms with van der Waals surface area (Å²) in [6.45, 7) is 0. The standard InChI is InChI=1S/C14H12N4O2/c1-20-14(19)10-7-17-13(18-12(10)15)9-6-16-11-5-3-2-4-8(9)11/h2-7,16H,1H3,(H2,15,17,18). The van der Waals surface area contributed by atoms with Crippen LogP contribution in [-0.2, 0) is 4.74 Å². The minimum absolute atomic E-state index is 0.104. The number of nitrogen functional groups attached to an aromatic ring is 1. The number of nitrogens with zero attached hydrogens (tertiary/aromatic N) is 2. The van der Waals surface area contributed by atoms with Crippen LogP contribution in [0.1, 0.15) is 10.4 Å². The first-order valence-electron chi connectivity index (χ1n) is 5.98. The molecule has 0 aliphatic rings. The van der Waals surface area contributed by atoms with E-state index in [2.05, 4.69) is 19.7 Å². The minimum atomic E-state index is -0.548. The number of benzene rings is 1. The Kier molecular flexibility index (Phi) is 2.83. The van der Waals surface area contributed by atoms with Gasteiger partial charge in [-0.05, 0) is 6.07 Å². The third-order valence-corrected chi connectivity index (χ3v) is 3.05. The van der Waals surface area contributed by atoms with Gasteiger partial charge in [-0.2, -0.15) is 0 Å². The summed E-state index contributed by atoms with van der Waals surface area (Å²) in [6, 6.07) is 7.81. The molecular formula is C14H12N4O2. The molecule has 0 aliphatic heterocycles. The average Bonchev–Trinajstić information content (AvgIpc) is 2.90. The molecule has 0 aliphatic carbocycles. The lowest BCUT2D eigenvalue weighted by Crippen LogP contribution is -2.08. The quantitative estimate of drug-likeness (QED) is 0.693. The van der Waals surface area contributed by atoms with Crippen molar-refractivity contribution in [3.05, 3.63) is 42.2 Å². The molecule has 0 radical (unpaired) electrons. The number of para-hydroxylation sites is 1. The molecule has 0 saturated heterocycles. The van der Waals surface area contributed by atoms with Crippen LogP contribution in [0.4, 0.5) is 5.82 Å². The van der Waals surface area contributed by atoms with Crippen LogP contribution in [-0.4, -0.2) is 28.0 Å². The first-order chi connectivity index (χ1) is 9.70. The van der Waals surface area contributed by atoms with Crippen molar-refractivity contribution >= 4 is 22.7 Å². The monoisotopic (exact) mass is 268 g/mol. The molecule has 100 valence electrons. The van der Waals surface area contributed by atoms with E-state index in [1.165, 1.54) is 13.3 Å². The predicted molar refractivity (Wildman–Crippen MR) is 75.1 cm³/mol. The SMILES string of the molecule is COC(=O)c1cnc(-c2c[nH]c3ccccc23)nc1N. The van der Waals surface area contributed by atoms with Crippen LogP contribution in [0.25, 0.3) is 22.3 Å². The third-order valence-electron chi connectivity index (χ3n) is 3.05. The van der Waals surface area contributed by atoms with Gasteiger partial charge < -0.3 is 15.5 Å². The first kappa shape index (κ1) is 12.2. The Balaban J connectivity index is 2.11. The summed E-state index contributed by atoms with van der Waals surface area (Å²) in [5.41, 5.74) is 7.77. The van der Waals surface area contributed by atoms with Crippen LogP contribution in [0, 0.1) is 0 Å². The number of fused-ring (bicyclic) bond motifs is 1. The Morgan fingerprint density at radius 1 is 1.35 bits per heavy atom. The summed E-state index contributed by atoms with van der Waals surface area (Å²) in [7, 11) is 1.29. The van der Waals surface area contributed by atoms with E-state index in [1.54, 1.807) is 0 Å². The molecule has 0 amide bonds. The van der Waals surface area contributed by atoms with Crippen molar-refractivity contribution in [1.82, 2.24) is 15.0 Å². The van der Waals surface area contributed by atoms with E-state index >= 15 is 0 Å². The zero-order valence-electron chi connectivity index (χ0n) is 10.8. The molecule has 3 N–H and O–H groups in total. The number of ether oxygens (including phenoxy) is 1. The van der Waals surface area contributed by atoms with Crippen molar-refractivity contribution < 1.29 is 9.53 Å². The number of aromatic nitrogens is 3.